The van der Waals surface area contributed by atoms with Crippen LogP contribution in [0.15, 0.2) is 41.3 Å². The maximum Gasteiger partial charge on any atom is 0.290 e. The van der Waals surface area contributed by atoms with Gasteiger partial charge in [0.2, 0.25) is 0 Å². The van der Waals surface area contributed by atoms with Crippen molar-refractivity contribution in [1.29, 1.82) is 0 Å². The zero-order chi connectivity index (χ0) is 23.8. The van der Waals surface area contributed by atoms with E-state index < -0.39 is 0 Å². The molecule has 0 radical (unpaired) electrons. The molecule has 4 rings (SSSR count). The molecule has 0 saturated heterocycles. The molecule has 0 N–H and O–H groups in total. The van der Waals surface area contributed by atoms with Crippen molar-refractivity contribution in [2.45, 2.75) is 103 Å². The number of carbonyl (C=O) groups excluding carboxylic acids is 1. The van der Waals surface area contributed by atoms with Gasteiger partial charge in [0, 0.05) is 19.0 Å². The van der Waals surface area contributed by atoms with E-state index in [1.54, 1.807) is 0 Å². The van der Waals surface area contributed by atoms with Crippen LogP contribution in [-0.2, 0) is 17.3 Å². The van der Waals surface area contributed by atoms with Crippen LogP contribution in [0.4, 0.5) is 0 Å². The van der Waals surface area contributed by atoms with Crippen molar-refractivity contribution in [2.75, 3.05) is 6.54 Å². The Labute approximate surface area is 200 Å². The highest BCUT2D eigenvalue weighted by molar-refractivity contribution is 5.92. The molecule has 1 fully saturated rings. The molecule has 1 amide bonds. The first-order valence-corrected chi connectivity index (χ1v) is 12.8. The quantitative estimate of drug-likeness (QED) is 0.430. The van der Waals surface area contributed by atoms with Crippen molar-refractivity contribution in [3.63, 3.8) is 0 Å². The number of amides is 1. The fourth-order valence-electron chi connectivity index (χ4n) is 5.80. The molecule has 2 aromatic rings. The number of nitrogens with zero attached hydrogens (tertiary/aromatic N) is 1. The summed E-state index contributed by atoms with van der Waals surface area (Å²) in [5.74, 6) is 1.31. The molecular weight excluding hydrogens is 406 g/mol. The second kappa shape index (κ2) is 9.16. The first kappa shape index (κ1) is 23.9. The highest BCUT2D eigenvalue weighted by Crippen LogP contribution is 2.46. The molecule has 33 heavy (non-hydrogen) atoms. The highest BCUT2D eigenvalue weighted by atomic mass is 16.4. The van der Waals surface area contributed by atoms with E-state index in [2.05, 4.69) is 53.3 Å². The van der Waals surface area contributed by atoms with Crippen molar-refractivity contribution < 1.29 is 9.21 Å². The molecule has 0 unspecified atom stereocenters. The summed E-state index contributed by atoms with van der Waals surface area (Å²) < 4.78 is 6.13. The van der Waals surface area contributed by atoms with Gasteiger partial charge in [-0.05, 0) is 77.8 Å². The molecule has 1 aromatic heterocycles. The van der Waals surface area contributed by atoms with Crippen molar-refractivity contribution in [1.82, 2.24) is 4.90 Å². The Morgan fingerprint density at radius 1 is 1.06 bits per heavy atom. The minimum Gasteiger partial charge on any atom is -0.456 e. The molecule has 178 valence electrons. The van der Waals surface area contributed by atoms with Crippen LogP contribution in [0.3, 0.4) is 0 Å². The second-order valence-electron chi connectivity index (χ2n) is 11.6. The Morgan fingerprint density at radius 3 is 2.33 bits per heavy atom. The van der Waals surface area contributed by atoms with Crippen LogP contribution in [-0.4, -0.2) is 23.4 Å². The van der Waals surface area contributed by atoms with Crippen LogP contribution < -0.4 is 0 Å². The van der Waals surface area contributed by atoms with Crippen LogP contribution >= 0.6 is 0 Å². The monoisotopic (exact) mass is 447 g/mol. The summed E-state index contributed by atoms with van der Waals surface area (Å²) >= 11 is 0. The van der Waals surface area contributed by atoms with Crippen LogP contribution in [0.25, 0.3) is 0 Å². The maximum absolute atomic E-state index is 13.3. The van der Waals surface area contributed by atoms with Gasteiger partial charge in [-0.1, -0.05) is 65.2 Å². The molecule has 2 aliphatic carbocycles. The lowest BCUT2D eigenvalue weighted by atomic mass is 9.62. The van der Waals surface area contributed by atoms with Crippen molar-refractivity contribution >= 4 is 5.91 Å². The number of fused-ring (bicyclic) bond motifs is 1. The van der Waals surface area contributed by atoms with Gasteiger partial charge in [0.1, 0.15) is 5.76 Å². The molecule has 3 nitrogen and oxygen atoms in total. The average Bonchev–Trinajstić information content (AvgIpc) is 3.25. The van der Waals surface area contributed by atoms with E-state index in [-0.39, 0.29) is 16.7 Å². The third kappa shape index (κ3) is 4.83. The zero-order valence-electron chi connectivity index (χ0n) is 21.3. The Balaban J connectivity index is 1.57. The van der Waals surface area contributed by atoms with E-state index in [0.717, 1.165) is 18.6 Å². The molecule has 0 bridgehead atoms. The van der Waals surface area contributed by atoms with Gasteiger partial charge in [0.25, 0.3) is 5.91 Å². The number of hydrogen-bond acceptors (Lipinski definition) is 2. The summed E-state index contributed by atoms with van der Waals surface area (Å²) in [7, 11) is 0. The van der Waals surface area contributed by atoms with Crippen molar-refractivity contribution in [3.8, 4) is 0 Å². The van der Waals surface area contributed by atoms with Crippen LogP contribution in [0.5, 0.6) is 0 Å². The van der Waals surface area contributed by atoms with Crippen molar-refractivity contribution in [2.24, 2.45) is 0 Å². The molecule has 1 saturated carbocycles. The van der Waals surface area contributed by atoms with E-state index in [4.69, 9.17) is 4.42 Å². The fourth-order valence-corrected chi connectivity index (χ4v) is 5.80. The van der Waals surface area contributed by atoms with E-state index in [9.17, 15) is 4.79 Å². The number of furan rings is 1. The second-order valence-corrected chi connectivity index (χ2v) is 11.6. The lowest BCUT2D eigenvalue weighted by Gasteiger charge is -2.42. The summed E-state index contributed by atoms with van der Waals surface area (Å²) in [6.07, 6.45) is 10.8. The van der Waals surface area contributed by atoms with Gasteiger partial charge in [0.15, 0.2) is 5.76 Å². The molecule has 0 aliphatic heterocycles. The maximum atomic E-state index is 13.3. The number of hydrogen-bond donors (Lipinski definition) is 0. The smallest absolute Gasteiger partial charge is 0.290 e. The van der Waals surface area contributed by atoms with Crippen molar-refractivity contribution in [3.05, 3.63) is 70.7 Å². The molecule has 0 atom stereocenters. The van der Waals surface area contributed by atoms with E-state index in [1.165, 1.54) is 54.4 Å². The Kier molecular flexibility index (Phi) is 6.62. The summed E-state index contributed by atoms with van der Waals surface area (Å²) in [6, 6.07) is 8.94. The predicted octanol–water partition coefficient (Wildman–Crippen LogP) is 7.49. The van der Waals surface area contributed by atoms with Crippen LogP contribution in [0, 0.1) is 6.92 Å². The van der Waals surface area contributed by atoms with Crippen LogP contribution in [0.1, 0.15) is 111 Å². The summed E-state index contributed by atoms with van der Waals surface area (Å²) in [5, 5.41) is 0. The Hall–Kier alpha value is -2.29. The normalized spacial score (nSPS) is 19.7. The van der Waals surface area contributed by atoms with Gasteiger partial charge in [-0.3, -0.25) is 4.79 Å². The summed E-state index contributed by atoms with van der Waals surface area (Å²) in [6.45, 7) is 16.1. The Morgan fingerprint density at radius 2 is 1.70 bits per heavy atom. The predicted molar refractivity (Wildman–Crippen MR) is 136 cm³/mol. The first-order valence-electron chi connectivity index (χ1n) is 12.8. The van der Waals surface area contributed by atoms with E-state index >= 15 is 0 Å². The standard InChI is InChI=1S/C30H41NO2/c1-7-17-31(23-11-9-8-10-12-23)28(32)27-14-13-24(33-27)19-22-20-26-25(18-21(22)2)29(3,4)15-16-30(26,5)6/h7,13-14,18,20,23H,1,8-12,15-17,19H2,2-6H3. The number of aryl methyl sites for hydroxylation is 1. The van der Waals surface area contributed by atoms with E-state index in [0.29, 0.717) is 24.8 Å². The number of benzene rings is 1. The zero-order valence-corrected chi connectivity index (χ0v) is 21.3. The first-order chi connectivity index (χ1) is 15.6. The average molecular weight is 448 g/mol. The Bertz CT molecular complexity index is 1020. The summed E-state index contributed by atoms with van der Waals surface area (Å²) in [5.41, 5.74) is 5.96. The van der Waals surface area contributed by atoms with E-state index in [1.807, 2.05) is 23.1 Å². The minimum atomic E-state index is -0.00176. The SMILES string of the molecule is C=CCN(C(=O)c1ccc(Cc2cc3c(cc2C)C(C)(C)CCC3(C)C)o1)C1CCCCC1. The third-order valence-electron chi connectivity index (χ3n) is 8.15. The van der Waals surface area contributed by atoms with Gasteiger partial charge < -0.3 is 9.32 Å². The third-order valence-corrected chi connectivity index (χ3v) is 8.15. The molecular formula is C30H41NO2. The van der Waals surface area contributed by atoms with Gasteiger partial charge in [-0.15, -0.1) is 6.58 Å². The van der Waals surface area contributed by atoms with Gasteiger partial charge in [-0.2, -0.15) is 0 Å². The van der Waals surface area contributed by atoms with Gasteiger partial charge in [-0.25, -0.2) is 0 Å². The minimum absolute atomic E-state index is 0.00176. The fraction of sp³-hybridized carbons (Fsp3) is 0.567. The molecule has 3 heteroatoms. The van der Waals surface area contributed by atoms with Gasteiger partial charge in [0.05, 0.1) is 0 Å². The molecule has 1 aromatic carbocycles. The molecule has 0 spiro atoms. The topological polar surface area (TPSA) is 33.5 Å². The number of carbonyl (C=O) groups is 1. The summed E-state index contributed by atoms with van der Waals surface area (Å²) in [4.78, 5) is 15.3. The van der Waals surface area contributed by atoms with Gasteiger partial charge >= 0.3 is 0 Å². The highest BCUT2D eigenvalue weighted by Gasteiger charge is 2.37. The molecule has 1 heterocycles. The molecule has 2 aliphatic rings. The van der Waals surface area contributed by atoms with Crippen LogP contribution in [0.2, 0.25) is 0 Å². The lowest BCUT2D eigenvalue weighted by molar-refractivity contribution is 0.0629. The lowest BCUT2D eigenvalue weighted by Crippen LogP contribution is -2.41. The largest absolute Gasteiger partial charge is 0.456 e. The number of rotatable bonds is 6.